The molecule has 0 bridgehead atoms. The lowest BCUT2D eigenvalue weighted by atomic mass is 9.99. The molecule has 2 rings (SSSR count). The summed E-state index contributed by atoms with van der Waals surface area (Å²) in [5.41, 5.74) is 0. The van der Waals surface area contributed by atoms with E-state index in [4.69, 9.17) is 0 Å². The van der Waals surface area contributed by atoms with Crippen LogP contribution < -0.4 is 10.6 Å². The van der Waals surface area contributed by atoms with Crippen molar-refractivity contribution in [2.75, 3.05) is 13.1 Å². The highest BCUT2D eigenvalue weighted by molar-refractivity contribution is 5.79. The summed E-state index contributed by atoms with van der Waals surface area (Å²) >= 11 is 0. The standard InChI is InChI=1S/C10H18N2O/c1-7-5-9(7)12-10(13)8-3-2-4-11-6-8/h7-9,11H,2-6H2,1H3,(H,12,13). The van der Waals surface area contributed by atoms with Gasteiger partial charge in [0.05, 0.1) is 5.92 Å². The molecular formula is C10H18N2O. The Balaban J connectivity index is 1.75. The lowest BCUT2D eigenvalue weighted by Crippen LogP contribution is -2.41. The van der Waals surface area contributed by atoms with Crippen molar-refractivity contribution in [3.05, 3.63) is 0 Å². The Bertz CT molecular complexity index is 199. The van der Waals surface area contributed by atoms with Crippen molar-refractivity contribution in [3.8, 4) is 0 Å². The summed E-state index contributed by atoms with van der Waals surface area (Å²) in [6.45, 7) is 4.13. The molecule has 3 atom stereocenters. The highest BCUT2D eigenvalue weighted by atomic mass is 16.2. The Labute approximate surface area is 79.3 Å². The molecule has 0 aromatic carbocycles. The van der Waals surface area contributed by atoms with E-state index in [0.29, 0.717) is 12.0 Å². The maximum Gasteiger partial charge on any atom is 0.224 e. The fourth-order valence-corrected chi connectivity index (χ4v) is 1.90. The molecular weight excluding hydrogens is 164 g/mol. The lowest BCUT2D eigenvalue weighted by Gasteiger charge is -2.21. The summed E-state index contributed by atoms with van der Waals surface area (Å²) in [7, 11) is 0. The van der Waals surface area contributed by atoms with Crippen LogP contribution in [0.25, 0.3) is 0 Å². The van der Waals surface area contributed by atoms with E-state index >= 15 is 0 Å². The topological polar surface area (TPSA) is 41.1 Å². The zero-order valence-electron chi connectivity index (χ0n) is 8.18. The molecule has 1 saturated carbocycles. The number of hydrogen-bond donors (Lipinski definition) is 2. The highest BCUT2D eigenvalue weighted by Gasteiger charge is 2.35. The van der Waals surface area contributed by atoms with Crippen LogP contribution in [0.3, 0.4) is 0 Å². The number of amides is 1. The molecule has 1 saturated heterocycles. The number of piperidine rings is 1. The minimum atomic E-state index is 0.224. The van der Waals surface area contributed by atoms with Gasteiger partial charge in [0.15, 0.2) is 0 Å². The first kappa shape index (κ1) is 9.00. The maximum atomic E-state index is 11.6. The normalized spacial score (nSPS) is 38.4. The van der Waals surface area contributed by atoms with E-state index in [1.54, 1.807) is 0 Å². The first-order valence-corrected chi connectivity index (χ1v) is 5.28. The van der Waals surface area contributed by atoms with Gasteiger partial charge in [-0.25, -0.2) is 0 Å². The molecule has 2 N–H and O–H groups in total. The van der Waals surface area contributed by atoms with Crippen molar-refractivity contribution < 1.29 is 4.79 Å². The quantitative estimate of drug-likeness (QED) is 0.653. The Morgan fingerprint density at radius 3 is 2.85 bits per heavy atom. The molecule has 2 aliphatic rings. The molecule has 0 aromatic heterocycles. The van der Waals surface area contributed by atoms with Crippen molar-refractivity contribution >= 4 is 5.91 Å². The van der Waals surface area contributed by atoms with Gasteiger partial charge < -0.3 is 10.6 Å². The van der Waals surface area contributed by atoms with Crippen molar-refractivity contribution in [1.29, 1.82) is 0 Å². The molecule has 3 heteroatoms. The molecule has 1 aliphatic carbocycles. The van der Waals surface area contributed by atoms with Crippen LogP contribution in [-0.4, -0.2) is 25.0 Å². The first-order valence-electron chi connectivity index (χ1n) is 5.28. The van der Waals surface area contributed by atoms with Gasteiger partial charge in [0.1, 0.15) is 0 Å². The van der Waals surface area contributed by atoms with Gasteiger partial charge in [-0.2, -0.15) is 0 Å². The zero-order chi connectivity index (χ0) is 9.26. The summed E-state index contributed by atoms with van der Waals surface area (Å²) < 4.78 is 0. The van der Waals surface area contributed by atoms with E-state index < -0.39 is 0 Å². The molecule has 1 amide bonds. The van der Waals surface area contributed by atoms with Crippen molar-refractivity contribution in [1.82, 2.24) is 10.6 Å². The SMILES string of the molecule is CC1CC1NC(=O)C1CCCNC1. The molecule has 0 spiro atoms. The Kier molecular flexibility index (Phi) is 2.54. The van der Waals surface area contributed by atoms with Gasteiger partial charge in [-0.1, -0.05) is 6.92 Å². The van der Waals surface area contributed by atoms with Crippen LogP contribution in [0, 0.1) is 11.8 Å². The van der Waals surface area contributed by atoms with E-state index in [9.17, 15) is 4.79 Å². The second-order valence-electron chi connectivity index (χ2n) is 4.37. The van der Waals surface area contributed by atoms with E-state index in [0.717, 1.165) is 25.9 Å². The zero-order valence-corrected chi connectivity index (χ0v) is 8.18. The van der Waals surface area contributed by atoms with E-state index in [2.05, 4.69) is 17.6 Å². The van der Waals surface area contributed by atoms with Crippen LogP contribution in [0.5, 0.6) is 0 Å². The predicted molar refractivity (Wildman–Crippen MR) is 51.3 cm³/mol. The largest absolute Gasteiger partial charge is 0.353 e. The average Bonchev–Trinajstić information content (AvgIpc) is 2.83. The number of hydrogen-bond acceptors (Lipinski definition) is 2. The third kappa shape index (κ3) is 2.21. The van der Waals surface area contributed by atoms with E-state index in [1.165, 1.54) is 6.42 Å². The van der Waals surface area contributed by atoms with Crippen LogP contribution in [0.15, 0.2) is 0 Å². The van der Waals surface area contributed by atoms with Crippen molar-refractivity contribution in [3.63, 3.8) is 0 Å². The van der Waals surface area contributed by atoms with Gasteiger partial charge >= 0.3 is 0 Å². The van der Waals surface area contributed by atoms with Crippen LogP contribution in [-0.2, 0) is 4.79 Å². The van der Waals surface area contributed by atoms with Crippen molar-refractivity contribution in [2.24, 2.45) is 11.8 Å². The fourth-order valence-electron chi connectivity index (χ4n) is 1.90. The molecule has 0 radical (unpaired) electrons. The van der Waals surface area contributed by atoms with Crippen molar-refractivity contribution in [2.45, 2.75) is 32.2 Å². The monoisotopic (exact) mass is 182 g/mol. The fraction of sp³-hybridized carbons (Fsp3) is 0.900. The van der Waals surface area contributed by atoms with Crippen LogP contribution >= 0.6 is 0 Å². The number of nitrogens with one attached hydrogen (secondary N) is 2. The molecule has 3 nitrogen and oxygen atoms in total. The van der Waals surface area contributed by atoms with Gasteiger partial charge in [0, 0.05) is 12.6 Å². The predicted octanol–water partition coefficient (Wildman–Crippen LogP) is 0.511. The maximum absolute atomic E-state index is 11.6. The van der Waals surface area contributed by atoms with Crippen LogP contribution in [0.2, 0.25) is 0 Å². The van der Waals surface area contributed by atoms with Gasteiger partial charge in [0.2, 0.25) is 5.91 Å². The molecule has 1 heterocycles. The Morgan fingerprint density at radius 2 is 2.31 bits per heavy atom. The van der Waals surface area contributed by atoms with Gasteiger partial charge in [0.25, 0.3) is 0 Å². The molecule has 1 aliphatic heterocycles. The van der Waals surface area contributed by atoms with Crippen LogP contribution in [0.4, 0.5) is 0 Å². The third-order valence-corrected chi connectivity index (χ3v) is 3.10. The summed E-state index contributed by atoms with van der Waals surface area (Å²) in [6.07, 6.45) is 3.37. The Hall–Kier alpha value is -0.570. The number of carbonyl (C=O) groups is 1. The average molecular weight is 182 g/mol. The third-order valence-electron chi connectivity index (χ3n) is 3.10. The minimum Gasteiger partial charge on any atom is -0.353 e. The van der Waals surface area contributed by atoms with E-state index in [-0.39, 0.29) is 11.8 Å². The van der Waals surface area contributed by atoms with Gasteiger partial charge in [-0.05, 0) is 31.7 Å². The highest BCUT2D eigenvalue weighted by Crippen LogP contribution is 2.29. The van der Waals surface area contributed by atoms with Crippen LogP contribution in [0.1, 0.15) is 26.2 Å². The summed E-state index contributed by atoms with van der Waals surface area (Å²) in [5, 5.41) is 6.35. The minimum absolute atomic E-state index is 0.224. The first-order chi connectivity index (χ1) is 6.27. The number of rotatable bonds is 2. The second-order valence-corrected chi connectivity index (χ2v) is 4.37. The molecule has 13 heavy (non-hydrogen) atoms. The second kappa shape index (κ2) is 3.66. The van der Waals surface area contributed by atoms with Gasteiger partial charge in [-0.15, -0.1) is 0 Å². The summed E-state index contributed by atoms with van der Waals surface area (Å²) in [4.78, 5) is 11.6. The smallest absolute Gasteiger partial charge is 0.224 e. The summed E-state index contributed by atoms with van der Waals surface area (Å²) in [5.74, 6) is 1.20. The molecule has 3 unspecified atom stereocenters. The summed E-state index contributed by atoms with van der Waals surface area (Å²) in [6, 6.07) is 0.481. The molecule has 74 valence electrons. The number of carbonyl (C=O) groups excluding carboxylic acids is 1. The van der Waals surface area contributed by atoms with Gasteiger partial charge in [-0.3, -0.25) is 4.79 Å². The van der Waals surface area contributed by atoms with E-state index in [1.807, 2.05) is 0 Å². The molecule has 2 fully saturated rings. The molecule has 0 aromatic rings. The Morgan fingerprint density at radius 1 is 1.54 bits per heavy atom. The lowest BCUT2D eigenvalue weighted by molar-refractivity contribution is -0.125.